The average molecular weight is 429 g/mol. The molecule has 0 aliphatic heterocycles. The van der Waals surface area contributed by atoms with E-state index in [1.165, 1.54) is 33.4 Å². The van der Waals surface area contributed by atoms with Crippen LogP contribution in [0, 0.1) is 5.41 Å². The third-order valence-electron chi connectivity index (χ3n) is 6.35. The van der Waals surface area contributed by atoms with Crippen molar-refractivity contribution in [2.45, 2.75) is 47.0 Å². The van der Waals surface area contributed by atoms with Gasteiger partial charge in [0.05, 0.1) is 19.6 Å². The normalized spacial score (nSPS) is 15.7. The zero-order valence-corrected chi connectivity index (χ0v) is 20.7. The van der Waals surface area contributed by atoms with E-state index in [1.54, 1.807) is 14.2 Å². The fourth-order valence-electron chi connectivity index (χ4n) is 4.19. The summed E-state index contributed by atoms with van der Waals surface area (Å²) in [5.74, 6) is 1.72. The van der Waals surface area contributed by atoms with E-state index in [1.807, 2.05) is 0 Å². The van der Waals surface area contributed by atoms with E-state index in [4.69, 9.17) is 9.47 Å². The van der Waals surface area contributed by atoms with E-state index in [-0.39, 0.29) is 5.41 Å². The van der Waals surface area contributed by atoms with Crippen LogP contribution < -0.4 is 9.47 Å². The third-order valence-corrected chi connectivity index (χ3v) is 6.35. The molecular weight excluding hydrogens is 392 g/mol. The maximum atomic E-state index is 5.46. The van der Waals surface area contributed by atoms with Crippen LogP contribution in [-0.4, -0.2) is 14.2 Å². The molecule has 168 valence electrons. The van der Waals surface area contributed by atoms with Crippen molar-refractivity contribution in [3.63, 3.8) is 0 Å². The number of rotatable bonds is 6. The second kappa shape index (κ2) is 9.24. The van der Waals surface area contributed by atoms with Crippen LogP contribution in [0.5, 0.6) is 11.5 Å². The highest BCUT2D eigenvalue weighted by Crippen LogP contribution is 2.51. The monoisotopic (exact) mass is 428 g/mol. The van der Waals surface area contributed by atoms with Crippen LogP contribution in [0.4, 0.5) is 0 Å². The number of ether oxygens (including phenoxy) is 2. The Labute approximate surface area is 194 Å². The van der Waals surface area contributed by atoms with Crippen molar-refractivity contribution in [1.82, 2.24) is 0 Å². The van der Waals surface area contributed by atoms with Crippen molar-refractivity contribution in [2.24, 2.45) is 5.41 Å². The molecule has 0 bridgehead atoms. The van der Waals surface area contributed by atoms with Gasteiger partial charge >= 0.3 is 0 Å². The van der Waals surface area contributed by atoms with Gasteiger partial charge in [0.15, 0.2) is 0 Å². The molecule has 2 nitrogen and oxygen atoms in total. The second-order valence-electron chi connectivity index (χ2n) is 9.75. The molecule has 0 aromatic heterocycles. The predicted octanol–water partition coefficient (Wildman–Crippen LogP) is 7.81. The predicted molar refractivity (Wildman–Crippen MR) is 136 cm³/mol. The molecule has 0 fully saturated rings. The minimum Gasteiger partial charge on any atom is -0.497 e. The summed E-state index contributed by atoms with van der Waals surface area (Å²) in [6, 6.07) is 17.0. The molecule has 0 heterocycles. The third kappa shape index (κ3) is 4.46. The summed E-state index contributed by atoms with van der Waals surface area (Å²) in [6.45, 7) is 13.3. The number of hydrogen-bond donors (Lipinski definition) is 0. The summed E-state index contributed by atoms with van der Waals surface area (Å²) < 4.78 is 10.9. The molecule has 0 spiro atoms. The summed E-state index contributed by atoms with van der Waals surface area (Å²) >= 11 is 0. The van der Waals surface area contributed by atoms with Crippen molar-refractivity contribution in [3.05, 3.63) is 106 Å². The quantitative estimate of drug-likeness (QED) is 0.467. The fourth-order valence-corrected chi connectivity index (χ4v) is 4.19. The Morgan fingerprint density at radius 3 is 1.44 bits per heavy atom. The molecule has 1 aliphatic carbocycles. The van der Waals surface area contributed by atoms with E-state index in [9.17, 15) is 0 Å². The van der Waals surface area contributed by atoms with Crippen molar-refractivity contribution in [3.8, 4) is 11.5 Å². The smallest absolute Gasteiger partial charge is 0.118 e. The van der Waals surface area contributed by atoms with E-state index in [0.29, 0.717) is 0 Å². The van der Waals surface area contributed by atoms with E-state index in [0.717, 1.165) is 11.5 Å². The van der Waals surface area contributed by atoms with Gasteiger partial charge in [0, 0.05) is 0 Å². The van der Waals surface area contributed by atoms with Gasteiger partial charge in [0.2, 0.25) is 0 Å². The number of benzene rings is 2. The van der Waals surface area contributed by atoms with Crippen molar-refractivity contribution in [2.75, 3.05) is 14.2 Å². The van der Waals surface area contributed by atoms with Gasteiger partial charge in [-0.25, -0.2) is 0 Å². The maximum Gasteiger partial charge on any atom is 0.118 e. The van der Waals surface area contributed by atoms with Gasteiger partial charge in [-0.3, -0.25) is 0 Å². The highest BCUT2D eigenvalue weighted by atomic mass is 16.5. The Bertz CT molecular complexity index is 1020. The molecule has 0 saturated heterocycles. The Balaban J connectivity index is 2.35. The van der Waals surface area contributed by atoms with Crippen LogP contribution >= 0.6 is 0 Å². The van der Waals surface area contributed by atoms with Gasteiger partial charge < -0.3 is 9.47 Å². The molecule has 2 aromatic carbocycles. The molecule has 0 radical (unpaired) electrons. The molecule has 0 unspecified atom stereocenters. The van der Waals surface area contributed by atoms with Crippen LogP contribution in [0.25, 0.3) is 0 Å². The highest BCUT2D eigenvalue weighted by Gasteiger charge is 2.42. The molecular formula is C30H36O2. The summed E-state index contributed by atoms with van der Waals surface area (Å²) in [6.07, 6.45) is 9.22. The summed E-state index contributed by atoms with van der Waals surface area (Å²) in [4.78, 5) is 0. The number of hydrogen-bond acceptors (Lipinski definition) is 2. The first-order chi connectivity index (χ1) is 15.1. The lowest BCUT2D eigenvalue weighted by atomic mass is 9.65. The minimum absolute atomic E-state index is 0.0890. The lowest BCUT2D eigenvalue weighted by molar-refractivity contribution is 0.414. The summed E-state index contributed by atoms with van der Waals surface area (Å²) in [5, 5.41) is 0. The topological polar surface area (TPSA) is 18.5 Å². The molecule has 0 saturated carbocycles. The van der Waals surface area contributed by atoms with Crippen LogP contribution in [0.3, 0.4) is 0 Å². The lowest BCUT2D eigenvalue weighted by Gasteiger charge is -2.37. The van der Waals surface area contributed by atoms with Crippen molar-refractivity contribution >= 4 is 0 Å². The van der Waals surface area contributed by atoms with Gasteiger partial charge in [0.25, 0.3) is 0 Å². The number of methoxy groups -OCH3 is 2. The standard InChI is InChI=1S/C30H36O2/c1-21(2)19-25-9-10-26(20-22(3)29(4,5)6)30(25,23-11-15-27(31-7)16-12-23)24-13-17-28(32-8)18-14-24/h9-20H,1-8H3/b22-20+. The number of allylic oxidation sites excluding steroid dienone is 8. The van der Waals surface area contributed by atoms with Gasteiger partial charge in [-0.2, -0.15) is 0 Å². The molecule has 1 aliphatic rings. The van der Waals surface area contributed by atoms with Crippen LogP contribution in [0.2, 0.25) is 0 Å². The van der Waals surface area contributed by atoms with Crippen LogP contribution in [0.1, 0.15) is 52.7 Å². The van der Waals surface area contributed by atoms with Crippen molar-refractivity contribution in [1.29, 1.82) is 0 Å². The van der Waals surface area contributed by atoms with Gasteiger partial charge in [-0.05, 0) is 72.7 Å². The van der Waals surface area contributed by atoms with Crippen molar-refractivity contribution < 1.29 is 9.47 Å². The van der Waals surface area contributed by atoms with E-state index >= 15 is 0 Å². The first-order valence-electron chi connectivity index (χ1n) is 11.2. The minimum atomic E-state index is -0.414. The summed E-state index contributed by atoms with van der Waals surface area (Å²) in [7, 11) is 3.41. The highest BCUT2D eigenvalue weighted by molar-refractivity contribution is 5.68. The van der Waals surface area contributed by atoms with E-state index in [2.05, 4.69) is 114 Å². The van der Waals surface area contributed by atoms with Gasteiger partial charge in [-0.15, -0.1) is 0 Å². The van der Waals surface area contributed by atoms with Gasteiger partial charge in [0.1, 0.15) is 11.5 Å². The zero-order chi connectivity index (χ0) is 23.5. The first kappa shape index (κ1) is 23.7. The second-order valence-corrected chi connectivity index (χ2v) is 9.75. The largest absolute Gasteiger partial charge is 0.497 e. The van der Waals surface area contributed by atoms with Crippen LogP contribution in [0.15, 0.2) is 95.1 Å². The fraction of sp³-hybridized carbons (Fsp3) is 0.333. The van der Waals surface area contributed by atoms with Crippen LogP contribution in [-0.2, 0) is 5.41 Å². The molecule has 3 rings (SSSR count). The molecule has 2 heteroatoms. The zero-order valence-electron chi connectivity index (χ0n) is 20.7. The first-order valence-corrected chi connectivity index (χ1v) is 11.2. The Hall–Kier alpha value is -3.00. The van der Waals surface area contributed by atoms with E-state index < -0.39 is 5.41 Å². The lowest BCUT2D eigenvalue weighted by Crippen LogP contribution is -2.30. The Morgan fingerprint density at radius 2 is 1.09 bits per heavy atom. The Morgan fingerprint density at radius 1 is 0.688 bits per heavy atom. The molecule has 0 amide bonds. The average Bonchev–Trinajstić information content (AvgIpc) is 3.11. The maximum absolute atomic E-state index is 5.46. The van der Waals surface area contributed by atoms with Gasteiger partial charge in [-0.1, -0.05) is 80.5 Å². The molecule has 32 heavy (non-hydrogen) atoms. The molecule has 0 atom stereocenters. The molecule has 2 aromatic rings. The summed E-state index contributed by atoms with van der Waals surface area (Å²) in [5.41, 5.74) is 7.26. The molecule has 0 N–H and O–H groups in total. The SMILES string of the molecule is COc1ccc(C2(c3ccc(OC)cc3)C(C=C(C)C)=CC=C2/C=C(\C)C(C)(C)C)cc1. The Kier molecular flexibility index (Phi) is 6.83.